The SMILES string of the molecule is CCCCC(CC)COC(=O)CCSc1ccnc(N)c1Cl.Nc1nccc(I)c1Cl. The van der Waals surface area contributed by atoms with Crippen LogP contribution in [0.25, 0.3) is 0 Å². The highest BCUT2D eigenvalue weighted by molar-refractivity contribution is 14.1. The Kier molecular flexibility index (Phi) is 14.3. The number of nitrogens with two attached hydrogens (primary N) is 2. The van der Waals surface area contributed by atoms with Crippen LogP contribution in [-0.4, -0.2) is 28.3 Å². The van der Waals surface area contributed by atoms with Gasteiger partial charge in [-0.2, -0.15) is 0 Å². The fourth-order valence-corrected chi connectivity index (χ4v) is 4.11. The summed E-state index contributed by atoms with van der Waals surface area (Å²) in [5.74, 6) is 1.65. The lowest BCUT2D eigenvalue weighted by atomic mass is 10.0. The van der Waals surface area contributed by atoms with E-state index in [9.17, 15) is 4.79 Å². The molecule has 0 aliphatic carbocycles. The van der Waals surface area contributed by atoms with Crippen LogP contribution in [0.3, 0.4) is 0 Å². The molecule has 0 radical (unpaired) electrons. The van der Waals surface area contributed by atoms with Crippen molar-refractivity contribution in [3.63, 3.8) is 0 Å². The van der Waals surface area contributed by atoms with Crippen molar-refractivity contribution in [1.29, 1.82) is 0 Å². The van der Waals surface area contributed by atoms with E-state index in [1.807, 2.05) is 0 Å². The number of unbranched alkanes of at least 4 members (excludes halogenated alkanes) is 1. The standard InChI is InChI=1S/C16H25ClN2O2S.C5H4ClIN2/c1-3-5-6-12(4-2)11-21-14(20)8-10-22-13-7-9-19-16(18)15(13)17;6-4-3(7)1-2-9-5(4)8/h7,9,12H,3-6,8,10-11H2,1-2H3,(H2,18,19);1-2H,(H2,8,9). The van der Waals surface area contributed by atoms with Crippen molar-refractivity contribution in [3.8, 4) is 0 Å². The number of carbonyl (C=O) groups excluding carboxylic acids is 1. The quantitative estimate of drug-likeness (QED) is 0.183. The zero-order valence-corrected chi connectivity index (χ0v) is 22.2. The van der Waals surface area contributed by atoms with E-state index < -0.39 is 0 Å². The molecule has 10 heteroatoms. The van der Waals surface area contributed by atoms with Crippen molar-refractivity contribution >= 4 is 75.2 Å². The first-order valence-electron chi connectivity index (χ1n) is 10.0. The monoisotopic (exact) mass is 598 g/mol. The molecular formula is C21H29Cl2IN4O2S. The lowest BCUT2D eigenvalue weighted by molar-refractivity contribution is -0.144. The van der Waals surface area contributed by atoms with Crippen molar-refractivity contribution in [2.24, 2.45) is 5.92 Å². The molecule has 0 amide bonds. The van der Waals surface area contributed by atoms with Crippen LogP contribution in [0.4, 0.5) is 11.6 Å². The number of halogens is 3. The highest BCUT2D eigenvalue weighted by atomic mass is 127. The van der Waals surface area contributed by atoms with Crippen LogP contribution >= 0.6 is 57.6 Å². The summed E-state index contributed by atoms with van der Waals surface area (Å²) in [6.07, 6.45) is 8.15. The average Bonchev–Trinajstić information content (AvgIpc) is 2.75. The van der Waals surface area contributed by atoms with Crippen LogP contribution in [0.15, 0.2) is 29.4 Å². The number of hydrogen-bond acceptors (Lipinski definition) is 7. The molecule has 6 nitrogen and oxygen atoms in total. The topological polar surface area (TPSA) is 104 Å². The van der Waals surface area contributed by atoms with Gasteiger partial charge in [0.2, 0.25) is 0 Å². The fraction of sp³-hybridized carbons (Fsp3) is 0.476. The van der Waals surface area contributed by atoms with Crippen LogP contribution < -0.4 is 11.5 Å². The van der Waals surface area contributed by atoms with Gasteiger partial charge in [0.25, 0.3) is 0 Å². The van der Waals surface area contributed by atoms with Crippen LogP contribution in [0.1, 0.15) is 46.0 Å². The van der Waals surface area contributed by atoms with Crippen molar-refractivity contribution in [2.45, 2.75) is 50.8 Å². The summed E-state index contributed by atoms with van der Waals surface area (Å²) in [7, 11) is 0. The Hall–Kier alpha value is -0.970. The third-order valence-corrected chi connectivity index (χ3v) is 7.52. The number of anilines is 2. The van der Waals surface area contributed by atoms with Crippen molar-refractivity contribution in [1.82, 2.24) is 9.97 Å². The Labute approximate surface area is 212 Å². The minimum atomic E-state index is -0.152. The summed E-state index contributed by atoms with van der Waals surface area (Å²) in [6, 6.07) is 3.60. The van der Waals surface area contributed by atoms with Gasteiger partial charge < -0.3 is 16.2 Å². The molecule has 2 heterocycles. The molecule has 2 aromatic rings. The maximum Gasteiger partial charge on any atom is 0.306 e. The highest BCUT2D eigenvalue weighted by Crippen LogP contribution is 2.30. The Balaban J connectivity index is 0.000000442. The number of ether oxygens (including phenoxy) is 1. The third-order valence-electron chi connectivity index (χ3n) is 4.34. The number of rotatable bonds is 10. The lowest BCUT2D eigenvalue weighted by Crippen LogP contribution is -2.14. The number of thioether (sulfide) groups is 1. The average molecular weight is 599 g/mol. The van der Waals surface area contributed by atoms with E-state index in [0.29, 0.717) is 46.4 Å². The fourth-order valence-electron chi connectivity index (χ4n) is 2.41. The van der Waals surface area contributed by atoms with Gasteiger partial charge in [0, 0.05) is 26.6 Å². The summed E-state index contributed by atoms with van der Waals surface area (Å²) in [5.41, 5.74) is 11.0. The first kappa shape index (κ1) is 28.1. The second kappa shape index (κ2) is 15.8. The van der Waals surface area contributed by atoms with E-state index in [-0.39, 0.29) is 5.97 Å². The maximum atomic E-state index is 11.8. The summed E-state index contributed by atoms with van der Waals surface area (Å²) in [5, 5.41) is 0.990. The zero-order valence-electron chi connectivity index (χ0n) is 17.7. The Morgan fingerprint density at radius 1 is 1.16 bits per heavy atom. The second-order valence-corrected chi connectivity index (χ2v) is 9.75. The molecule has 0 aliphatic rings. The molecule has 31 heavy (non-hydrogen) atoms. The highest BCUT2D eigenvalue weighted by Gasteiger charge is 2.11. The largest absolute Gasteiger partial charge is 0.465 e. The second-order valence-electron chi connectivity index (χ2n) is 6.70. The molecular weight excluding hydrogens is 570 g/mol. The first-order valence-corrected chi connectivity index (χ1v) is 12.9. The van der Waals surface area contributed by atoms with Gasteiger partial charge in [0.05, 0.1) is 23.1 Å². The van der Waals surface area contributed by atoms with Gasteiger partial charge in [0.15, 0.2) is 0 Å². The van der Waals surface area contributed by atoms with Gasteiger partial charge >= 0.3 is 5.97 Å². The van der Waals surface area contributed by atoms with Gasteiger partial charge in [-0.05, 0) is 47.1 Å². The predicted octanol–water partition coefficient (Wildman–Crippen LogP) is 6.48. The molecule has 0 aromatic carbocycles. The van der Waals surface area contributed by atoms with Gasteiger partial charge in [-0.25, -0.2) is 9.97 Å². The number of nitrogen functional groups attached to an aromatic ring is 2. The first-order chi connectivity index (χ1) is 14.8. The minimum Gasteiger partial charge on any atom is -0.465 e. The van der Waals surface area contributed by atoms with E-state index in [1.54, 1.807) is 24.5 Å². The summed E-state index contributed by atoms with van der Waals surface area (Å²) in [6.45, 7) is 4.84. The molecule has 172 valence electrons. The predicted molar refractivity (Wildman–Crippen MR) is 140 cm³/mol. The van der Waals surface area contributed by atoms with Crippen LogP contribution in [-0.2, 0) is 9.53 Å². The zero-order chi connectivity index (χ0) is 23.2. The van der Waals surface area contributed by atoms with Crippen LogP contribution in [0, 0.1) is 9.49 Å². The lowest BCUT2D eigenvalue weighted by Gasteiger charge is -2.14. The molecule has 2 aromatic heterocycles. The molecule has 0 spiro atoms. The van der Waals surface area contributed by atoms with Gasteiger partial charge in [0.1, 0.15) is 11.6 Å². The molecule has 1 atom stereocenters. The Morgan fingerprint density at radius 3 is 2.39 bits per heavy atom. The van der Waals surface area contributed by atoms with Crippen LogP contribution in [0.5, 0.6) is 0 Å². The van der Waals surface area contributed by atoms with E-state index in [2.05, 4.69) is 46.4 Å². The maximum absolute atomic E-state index is 11.8. The van der Waals surface area contributed by atoms with E-state index in [4.69, 9.17) is 39.4 Å². The minimum absolute atomic E-state index is 0.152. The Morgan fingerprint density at radius 2 is 1.81 bits per heavy atom. The van der Waals surface area contributed by atoms with Gasteiger partial charge in [-0.15, -0.1) is 11.8 Å². The molecule has 0 aliphatic heterocycles. The number of nitrogens with zero attached hydrogens (tertiary/aromatic N) is 2. The Bertz CT molecular complexity index is 810. The van der Waals surface area contributed by atoms with Crippen molar-refractivity contribution < 1.29 is 9.53 Å². The number of aromatic nitrogens is 2. The normalized spacial score (nSPS) is 11.4. The molecule has 0 saturated heterocycles. The molecule has 0 fully saturated rings. The number of pyridine rings is 2. The summed E-state index contributed by atoms with van der Waals surface area (Å²) < 4.78 is 6.29. The molecule has 0 saturated carbocycles. The molecule has 1 unspecified atom stereocenters. The third kappa shape index (κ3) is 10.9. The van der Waals surface area contributed by atoms with Crippen molar-refractivity contribution in [3.05, 3.63) is 38.1 Å². The van der Waals surface area contributed by atoms with Crippen LogP contribution in [0.2, 0.25) is 10.0 Å². The number of esters is 1. The molecule has 2 rings (SSSR count). The van der Waals surface area contributed by atoms with E-state index in [0.717, 1.165) is 21.3 Å². The summed E-state index contributed by atoms with van der Waals surface area (Å²) >= 11 is 15.3. The van der Waals surface area contributed by atoms with E-state index >= 15 is 0 Å². The van der Waals surface area contributed by atoms with Gasteiger partial charge in [-0.1, -0.05) is 56.3 Å². The van der Waals surface area contributed by atoms with Crippen molar-refractivity contribution in [2.75, 3.05) is 23.8 Å². The van der Waals surface area contributed by atoms with Gasteiger partial charge in [-0.3, -0.25) is 4.79 Å². The summed E-state index contributed by atoms with van der Waals surface area (Å²) in [4.78, 5) is 20.3. The number of hydrogen-bond donors (Lipinski definition) is 2. The van der Waals surface area contributed by atoms with E-state index in [1.165, 1.54) is 24.6 Å². The molecule has 4 N–H and O–H groups in total. The number of carbonyl (C=O) groups is 1. The smallest absolute Gasteiger partial charge is 0.306 e. The molecule has 0 bridgehead atoms.